The number of thioether (sulfide) groups is 1. The summed E-state index contributed by atoms with van der Waals surface area (Å²) in [6.07, 6.45) is 2.18. The fourth-order valence-corrected chi connectivity index (χ4v) is 3.54. The van der Waals surface area contributed by atoms with Gasteiger partial charge in [0.2, 0.25) is 5.91 Å². The molecule has 3 rings (SSSR count). The van der Waals surface area contributed by atoms with Crippen LogP contribution in [0.4, 0.5) is 0 Å². The maximum Gasteiger partial charge on any atom is 0.221 e. The van der Waals surface area contributed by atoms with Gasteiger partial charge in [0, 0.05) is 23.3 Å². The van der Waals surface area contributed by atoms with Gasteiger partial charge < -0.3 is 10.1 Å². The molecule has 5 heteroatoms. The summed E-state index contributed by atoms with van der Waals surface area (Å²) < 4.78 is 5.16. The molecule has 0 aliphatic heterocycles. The molecule has 0 radical (unpaired) electrons. The SMILES string of the molecule is COc1ccc(SCCC(=O)NC(c2ccccc2)c2ccccn2)cc1. The summed E-state index contributed by atoms with van der Waals surface area (Å²) in [5, 5.41) is 3.12. The van der Waals surface area contributed by atoms with E-state index in [2.05, 4.69) is 10.3 Å². The Hall–Kier alpha value is -2.79. The standard InChI is InChI=1S/C22H22N2O2S/c1-26-18-10-12-19(13-11-18)27-16-14-21(25)24-22(17-7-3-2-4-8-17)20-9-5-6-15-23-20/h2-13,15,22H,14,16H2,1H3,(H,24,25). The molecule has 0 aliphatic carbocycles. The van der Waals surface area contributed by atoms with Gasteiger partial charge in [0.1, 0.15) is 5.75 Å². The molecule has 2 aromatic carbocycles. The number of rotatable bonds is 8. The molecule has 0 spiro atoms. The largest absolute Gasteiger partial charge is 0.497 e. The molecular weight excluding hydrogens is 356 g/mol. The lowest BCUT2D eigenvalue weighted by Crippen LogP contribution is -2.30. The average Bonchev–Trinajstić information content (AvgIpc) is 2.74. The first-order valence-corrected chi connectivity index (χ1v) is 9.77. The molecule has 4 nitrogen and oxygen atoms in total. The van der Waals surface area contributed by atoms with Crippen molar-refractivity contribution in [3.8, 4) is 5.75 Å². The van der Waals surface area contributed by atoms with Gasteiger partial charge in [0.25, 0.3) is 0 Å². The van der Waals surface area contributed by atoms with Gasteiger partial charge in [-0.1, -0.05) is 36.4 Å². The summed E-state index contributed by atoms with van der Waals surface area (Å²) >= 11 is 1.65. The number of amides is 1. The van der Waals surface area contributed by atoms with Crippen molar-refractivity contribution in [3.63, 3.8) is 0 Å². The van der Waals surface area contributed by atoms with Crippen LogP contribution in [0.3, 0.4) is 0 Å². The van der Waals surface area contributed by atoms with E-state index in [4.69, 9.17) is 4.74 Å². The van der Waals surface area contributed by atoms with Crippen molar-refractivity contribution in [2.24, 2.45) is 0 Å². The Morgan fingerprint density at radius 1 is 1.04 bits per heavy atom. The first-order valence-electron chi connectivity index (χ1n) is 8.78. The van der Waals surface area contributed by atoms with E-state index in [1.807, 2.05) is 72.8 Å². The Kier molecular flexibility index (Phi) is 6.88. The van der Waals surface area contributed by atoms with Crippen molar-refractivity contribution >= 4 is 17.7 Å². The monoisotopic (exact) mass is 378 g/mol. The van der Waals surface area contributed by atoms with Crippen LogP contribution in [-0.2, 0) is 4.79 Å². The first-order chi connectivity index (χ1) is 13.3. The van der Waals surface area contributed by atoms with E-state index in [1.165, 1.54) is 0 Å². The number of nitrogens with zero attached hydrogens (tertiary/aromatic N) is 1. The summed E-state index contributed by atoms with van der Waals surface area (Å²) in [5.41, 5.74) is 1.85. The minimum atomic E-state index is -0.245. The fraction of sp³-hybridized carbons (Fsp3) is 0.182. The second kappa shape index (κ2) is 9.78. The fourth-order valence-electron chi connectivity index (χ4n) is 2.69. The zero-order valence-electron chi connectivity index (χ0n) is 15.2. The predicted octanol–water partition coefficient (Wildman–Crippen LogP) is 4.48. The number of nitrogens with one attached hydrogen (secondary N) is 1. The number of carbonyl (C=O) groups is 1. The molecule has 0 bridgehead atoms. The number of carbonyl (C=O) groups excluding carboxylic acids is 1. The van der Waals surface area contributed by atoms with Gasteiger partial charge in [-0.3, -0.25) is 9.78 Å². The van der Waals surface area contributed by atoms with Crippen molar-refractivity contribution < 1.29 is 9.53 Å². The smallest absolute Gasteiger partial charge is 0.221 e. The zero-order chi connectivity index (χ0) is 18.9. The number of benzene rings is 2. The molecule has 1 unspecified atom stereocenters. The van der Waals surface area contributed by atoms with Gasteiger partial charge >= 0.3 is 0 Å². The van der Waals surface area contributed by atoms with Crippen molar-refractivity contribution in [1.82, 2.24) is 10.3 Å². The Labute approximate surface area is 164 Å². The van der Waals surface area contributed by atoms with Crippen molar-refractivity contribution in [2.45, 2.75) is 17.4 Å². The van der Waals surface area contributed by atoms with Crippen LogP contribution in [0.1, 0.15) is 23.7 Å². The molecule has 3 aromatic rings. The molecule has 0 saturated heterocycles. The highest BCUT2D eigenvalue weighted by molar-refractivity contribution is 7.99. The van der Waals surface area contributed by atoms with Crippen LogP contribution < -0.4 is 10.1 Å². The molecule has 1 heterocycles. The van der Waals surface area contributed by atoms with Gasteiger partial charge in [-0.05, 0) is 42.0 Å². The Balaban J connectivity index is 1.59. The summed E-state index contributed by atoms with van der Waals surface area (Å²) in [6, 6.07) is 23.3. The summed E-state index contributed by atoms with van der Waals surface area (Å²) in [4.78, 5) is 18.1. The molecule has 0 aliphatic rings. The molecule has 1 atom stereocenters. The van der Waals surface area contributed by atoms with Gasteiger partial charge in [0.05, 0.1) is 18.8 Å². The quantitative estimate of drug-likeness (QED) is 0.587. The summed E-state index contributed by atoms with van der Waals surface area (Å²) in [7, 11) is 1.65. The third kappa shape index (κ3) is 5.59. The van der Waals surface area contributed by atoms with Crippen molar-refractivity contribution in [1.29, 1.82) is 0 Å². The molecule has 27 heavy (non-hydrogen) atoms. The lowest BCUT2D eigenvalue weighted by Gasteiger charge is -2.19. The minimum absolute atomic E-state index is 0.00974. The number of methoxy groups -OCH3 is 1. The maximum atomic E-state index is 12.5. The molecule has 1 aromatic heterocycles. The molecule has 1 amide bonds. The Morgan fingerprint density at radius 2 is 1.78 bits per heavy atom. The third-order valence-electron chi connectivity index (χ3n) is 4.08. The van der Waals surface area contributed by atoms with E-state index < -0.39 is 0 Å². The van der Waals surface area contributed by atoms with Gasteiger partial charge in [-0.2, -0.15) is 0 Å². The predicted molar refractivity (Wildman–Crippen MR) is 109 cm³/mol. The van der Waals surface area contributed by atoms with E-state index in [1.54, 1.807) is 25.1 Å². The summed E-state index contributed by atoms with van der Waals surface area (Å²) in [5.74, 6) is 1.55. The molecule has 0 fully saturated rings. The van der Waals surface area contributed by atoms with Gasteiger partial charge in [-0.25, -0.2) is 0 Å². The van der Waals surface area contributed by atoms with E-state index >= 15 is 0 Å². The van der Waals surface area contributed by atoms with Crippen LogP contribution in [0.15, 0.2) is 83.9 Å². The highest BCUT2D eigenvalue weighted by atomic mass is 32.2. The lowest BCUT2D eigenvalue weighted by atomic mass is 10.0. The minimum Gasteiger partial charge on any atom is -0.497 e. The molecule has 0 saturated carbocycles. The highest BCUT2D eigenvalue weighted by Crippen LogP contribution is 2.23. The Bertz CT molecular complexity index is 800. The third-order valence-corrected chi connectivity index (χ3v) is 5.09. The Morgan fingerprint density at radius 3 is 2.44 bits per heavy atom. The van der Waals surface area contributed by atoms with E-state index in [9.17, 15) is 4.79 Å². The second-order valence-corrected chi connectivity index (χ2v) is 7.11. The zero-order valence-corrected chi connectivity index (χ0v) is 16.0. The van der Waals surface area contributed by atoms with E-state index in [0.29, 0.717) is 12.2 Å². The lowest BCUT2D eigenvalue weighted by molar-refractivity contribution is -0.121. The van der Waals surface area contributed by atoms with Crippen LogP contribution in [0.2, 0.25) is 0 Å². The van der Waals surface area contributed by atoms with Crippen molar-refractivity contribution in [3.05, 3.63) is 90.3 Å². The number of pyridine rings is 1. The van der Waals surface area contributed by atoms with E-state index in [0.717, 1.165) is 21.9 Å². The number of aromatic nitrogens is 1. The van der Waals surface area contributed by atoms with Crippen LogP contribution >= 0.6 is 11.8 Å². The van der Waals surface area contributed by atoms with Crippen LogP contribution in [0.5, 0.6) is 5.75 Å². The van der Waals surface area contributed by atoms with E-state index in [-0.39, 0.29) is 11.9 Å². The average molecular weight is 378 g/mol. The topological polar surface area (TPSA) is 51.2 Å². The molecule has 138 valence electrons. The van der Waals surface area contributed by atoms with Crippen molar-refractivity contribution in [2.75, 3.05) is 12.9 Å². The number of hydrogen-bond acceptors (Lipinski definition) is 4. The normalized spacial score (nSPS) is 11.6. The molecule has 1 N–H and O–H groups in total. The van der Waals surface area contributed by atoms with Crippen LogP contribution in [-0.4, -0.2) is 23.8 Å². The van der Waals surface area contributed by atoms with Gasteiger partial charge in [-0.15, -0.1) is 11.8 Å². The van der Waals surface area contributed by atoms with Crippen LogP contribution in [0.25, 0.3) is 0 Å². The summed E-state index contributed by atoms with van der Waals surface area (Å²) in [6.45, 7) is 0. The first kappa shape index (κ1) is 19.0. The second-order valence-electron chi connectivity index (χ2n) is 5.94. The highest BCUT2D eigenvalue weighted by Gasteiger charge is 2.17. The number of hydrogen-bond donors (Lipinski definition) is 1. The van der Waals surface area contributed by atoms with Gasteiger partial charge in [0.15, 0.2) is 0 Å². The maximum absolute atomic E-state index is 12.5. The molecular formula is C22H22N2O2S. The number of ether oxygens (including phenoxy) is 1. The van der Waals surface area contributed by atoms with Crippen LogP contribution in [0, 0.1) is 0 Å².